The Kier molecular flexibility index (Phi) is 5.72. The lowest BCUT2D eigenvalue weighted by molar-refractivity contribution is 0.309. The molecule has 0 aliphatic carbocycles. The van der Waals surface area contributed by atoms with Crippen LogP contribution in [0.1, 0.15) is 30.9 Å². The smallest absolute Gasteiger partial charge is 0.119 e. The number of terminal acetylenes is 1. The molecule has 0 atom stereocenters. The molecule has 0 aliphatic heterocycles. The van der Waals surface area contributed by atoms with E-state index >= 15 is 0 Å². The summed E-state index contributed by atoms with van der Waals surface area (Å²) in [5.74, 6) is 3.57. The average Bonchev–Trinajstić information content (AvgIpc) is 2.54. The van der Waals surface area contributed by atoms with Crippen LogP contribution in [0, 0.1) is 12.3 Å². The van der Waals surface area contributed by atoms with Gasteiger partial charge in [0.2, 0.25) is 0 Å². The molecule has 1 N–H and O–H groups in total. The summed E-state index contributed by atoms with van der Waals surface area (Å²) in [5.41, 5.74) is 3.14. The minimum Gasteiger partial charge on any atom is -0.494 e. The van der Waals surface area contributed by atoms with Gasteiger partial charge in [-0.05, 0) is 42.3 Å². The summed E-state index contributed by atoms with van der Waals surface area (Å²) in [4.78, 5) is 0. The fourth-order valence-electron chi connectivity index (χ4n) is 1.96. The van der Waals surface area contributed by atoms with Gasteiger partial charge in [0.15, 0.2) is 0 Å². The Bertz CT molecular complexity index is 596. The van der Waals surface area contributed by atoms with Crippen molar-refractivity contribution in [3.63, 3.8) is 0 Å². The second-order valence-corrected chi connectivity index (χ2v) is 4.92. The Hall–Kier alpha value is -2.40. The van der Waals surface area contributed by atoms with Gasteiger partial charge in [0.25, 0.3) is 0 Å². The van der Waals surface area contributed by atoms with Gasteiger partial charge in [-0.2, -0.15) is 0 Å². The predicted octanol–water partition coefficient (Wildman–Crippen LogP) is 4.46. The first kappa shape index (κ1) is 15.0. The van der Waals surface area contributed by atoms with Crippen molar-refractivity contribution in [3.05, 3.63) is 59.7 Å². The highest BCUT2D eigenvalue weighted by Gasteiger charge is 1.97. The summed E-state index contributed by atoms with van der Waals surface area (Å²) in [7, 11) is 0. The fourth-order valence-corrected chi connectivity index (χ4v) is 1.96. The number of unbranched alkanes of at least 4 members (excludes halogenated alkanes) is 1. The number of benzene rings is 2. The van der Waals surface area contributed by atoms with E-state index in [1.807, 2.05) is 36.4 Å². The quantitative estimate of drug-likeness (QED) is 0.597. The molecule has 0 unspecified atom stereocenters. The van der Waals surface area contributed by atoms with E-state index in [1.54, 1.807) is 0 Å². The molecule has 2 rings (SSSR count). The van der Waals surface area contributed by atoms with Crippen molar-refractivity contribution in [1.29, 1.82) is 0 Å². The van der Waals surface area contributed by atoms with Gasteiger partial charge in [-0.1, -0.05) is 37.5 Å². The molecule has 21 heavy (non-hydrogen) atoms. The second-order valence-electron chi connectivity index (χ2n) is 4.92. The van der Waals surface area contributed by atoms with Crippen LogP contribution >= 0.6 is 0 Å². The molecule has 0 heterocycles. The molecule has 108 valence electrons. The Labute approximate surface area is 127 Å². The number of hydrogen-bond donors (Lipinski definition) is 1. The van der Waals surface area contributed by atoms with Gasteiger partial charge in [-0.3, -0.25) is 0 Å². The molecule has 2 heteroatoms. The van der Waals surface area contributed by atoms with Crippen LogP contribution in [0.3, 0.4) is 0 Å². The zero-order valence-corrected chi connectivity index (χ0v) is 12.4. The molecule has 2 nitrogen and oxygen atoms in total. The van der Waals surface area contributed by atoms with Crippen molar-refractivity contribution in [2.24, 2.45) is 0 Å². The molecule has 0 aliphatic rings. The SMILES string of the molecule is C#Cc1cccc(NCc2ccc(OCCCC)cc2)c1. The van der Waals surface area contributed by atoms with Crippen LogP contribution in [0.2, 0.25) is 0 Å². The molecule has 0 saturated carbocycles. The number of hydrogen-bond acceptors (Lipinski definition) is 2. The summed E-state index contributed by atoms with van der Waals surface area (Å²) < 4.78 is 5.65. The minimum absolute atomic E-state index is 0.767. The highest BCUT2D eigenvalue weighted by atomic mass is 16.5. The van der Waals surface area contributed by atoms with Crippen LogP contribution in [0.5, 0.6) is 5.75 Å². The molecular formula is C19H21NO. The highest BCUT2D eigenvalue weighted by molar-refractivity contribution is 5.50. The molecule has 0 saturated heterocycles. The van der Waals surface area contributed by atoms with Crippen molar-refractivity contribution in [2.75, 3.05) is 11.9 Å². The summed E-state index contributed by atoms with van der Waals surface area (Å²) in [6.45, 7) is 3.71. The zero-order valence-electron chi connectivity index (χ0n) is 12.4. The Balaban J connectivity index is 1.87. The molecule has 0 radical (unpaired) electrons. The standard InChI is InChI=1S/C19H21NO/c1-3-5-13-21-19-11-9-17(10-12-19)15-20-18-8-6-7-16(4-2)14-18/h2,6-12,14,20H,3,5,13,15H2,1H3. The van der Waals surface area contributed by atoms with Gasteiger partial charge >= 0.3 is 0 Å². The molecule has 2 aromatic rings. The molecule has 0 amide bonds. The van der Waals surface area contributed by atoms with Crippen molar-refractivity contribution in [2.45, 2.75) is 26.3 Å². The average molecular weight is 279 g/mol. The van der Waals surface area contributed by atoms with Crippen molar-refractivity contribution >= 4 is 5.69 Å². The first-order valence-electron chi connectivity index (χ1n) is 7.34. The summed E-state index contributed by atoms with van der Waals surface area (Å²) >= 11 is 0. The van der Waals surface area contributed by atoms with Crippen LogP contribution < -0.4 is 10.1 Å². The molecule has 0 bridgehead atoms. The molecule has 0 spiro atoms. The largest absolute Gasteiger partial charge is 0.494 e. The first-order valence-corrected chi connectivity index (χ1v) is 7.34. The highest BCUT2D eigenvalue weighted by Crippen LogP contribution is 2.15. The van der Waals surface area contributed by atoms with Gasteiger partial charge in [0.1, 0.15) is 5.75 Å². The maximum Gasteiger partial charge on any atom is 0.119 e. The van der Waals surface area contributed by atoms with Crippen LogP contribution in [-0.4, -0.2) is 6.61 Å². The van der Waals surface area contributed by atoms with E-state index in [0.717, 1.165) is 43.0 Å². The maximum atomic E-state index is 5.65. The van der Waals surface area contributed by atoms with E-state index in [4.69, 9.17) is 11.2 Å². The van der Waals surface area contributed by atoms with Gasteiger partial charge < -0.3 is 10.1 Å². The lowest BCUT2D eigenvalue weighted by Gasteiger charge is -2.09. The predicted molar refractivity (Wildman–Crippen MR) is 88.5 cm³/mol. The van der Waals surface area contributed by atoms with Gasteiger partial charge in [0.05, 0.1) is 6.61 Å². The molecule has 2 aromatic carbocycles. The zero-order chi connectivity index (χ0) is 14.9. The topological polar surface area (TPSA) is 21.3 Å². The fraction of sp³-hybridized carbons (Fsp3) is 0.263. The summed E-state index contributed by atoms with van der Waals surface area (Å²) in [6, 6.07) is 16.1. The Morgan fingerprint density at radius 3 is 2.67 bits per heavy atom. The number of nitrogens with one attached hydrogen (secondary N) is 1. The molecule has 0 aromatic heterocycles. The Morgan fingerprint density at radius 1 is 1.14 bits per heavy atom. The number of anilines is 1. The van der Waals surface area contributed by atoms with Gasteiger partial charge in [0, 0.05) is 17.8 Å². The third-order valence-electron chi connectivity index (χ3n) is 3.22. The summed E-state index contributed by atoms with van der Waals surface area (Å²) in [6.07, 6.45) is 7.64. The second kappa shape index (κ2) is 8.01. The first-order chi connectivity index (χ1) is 10.3. The van der Waals surface area contributed by atoms with Crippen molar-refractivity contribution in [3.8, 4) is 18.1 Å². The van der Waals surface area contributed by atoms with Crippen molar-refractivity contribution in [1.82, 2.24) is 0 Å². The van der Waals surface area contributed by atoms with Crippen LogP contribution in [0.15, 0.2) is 48.5 Å². The van der Waals surface area contributed by atoms with Crippen molar-refractivity contribution < 1.29 is 4.74 Å². The monoisotopic (exact) mass is 279 g/mol. The minimum atomic E-state index is 0.767. The summed E-state index contributed by atoms with van der Waals surface area (Å²) in [5, 5.41) is 3.37. The molecular weight excluding hydrogens is 258 g/mol. The third kappa shape index (κ3) is 4.89. The van der Waals surface area contributed by atoms with E-state index in [9.17, 15) is 0 Å². The van der Waals surface area contributed by atoms with Gasteiger partial charge in [-0.15, -0.1) is 6.42 Å². The van der Waals surface area contributed by atoms with E-state index in [2.05, 4.69) is 30.3 Å². The lowest BCUT2D eigenvalue weighted by Crippen LogP contribution is -2.00. The third-order valence-corrected chi connectivity index (χ3v) is 3.22. The van der Waals surface area contributed by atoms with E-state index in [-0.39, 0.29) is 0 Å². The maximum absolute atomic E-state index is 5.65. The lowest BCUT2D eigenvalue weighted by atomic mass is 10.2. The Morgan fingerprint density at radius 2 is 1.95 bits per heavy atom. The van der Waals surface area contributed by atoms with Crippen LogP contribution in [-0.2, 0) is 6.54 Å². The van der Waals surface area contributed by atoms with E-state index in [0.29, 0.717) is 0 Å². The number of ether oxygens (including phenoxy) is 1. The van der Waals surface area contributed by atoms with Gasteiger partial charge in [-0.25, -0.2) is 0 Å². The van der Waals surface area contributed by atoms with E-state index in [1.165, 1.54) is 5.56 Å². The normalized spacial score (nSPS) is 9.90. The number of rotatable bonds is 7. The molecule has 0 fully saturated rings. The van der Waals surface area contributed by atoms with Crippen LogP contribution in [0.4, 0.5) is 5.69 Å². The van der Waals surface area contributed by atoms with E-state index < -0.39 is 0 Å². The van der Waals surface area contributed by atoms with Crippen LogP contribution in [0.25, 0.3) is 0 Å².